The zero-order valence-corrected chi connectivity index (χ0v) is 15.8. The van der Waals surface area contributed by atoms with Crippen LogP contribution in [0, 0.1) is 11.6 Å². The van der Waals surface area contributed by atoms with Gasteiger partial charge in [0, 0.05) is 19.2 Å². The van der Waals surface area contributed by atoms with Crippen molar-refractivity contribution in [1.82, 2.24) is 4.47 Å². The number of anilines is 1. The molecule has 1 aliphatic heterocycles. The lowest BCUT2D eigenvalue weighted by molar-refractivity contribution is -0.0748. The number of hydrogen-bond donors (Lipinski definition) is 1. The van der Waals surface area contributed by atoms with Gasteiger partial charge in [-0.05, 0) is 30.7 Å². The molecule has 1 atom stereocenters. The second-order valence-electron chi connectivity index (χ2n) is 6.29. The molecule has 2 aromatic carbocycles. The Bertz CT molecular complexity index is 1000. The molecule has 7 nitrogen and oxygen atoms in total. The lowest BCUT2D eigenvalue weighted by Crippen LogP contribution is -2.42. The fourth-order valence-electron chi connectivity index (χ4n) is 3.31. The van der Waals surface area contributed by atoms with Gasteiger partial charge < -0.3 is 10.6 Å². The second-order valence-corrected chi connectivity index (χ2v) is 8.04. The summed E-state index contributed by atoms with van der Waals surface area (Å²) < 4.78 is 54.2. The normalized spacial score (nSPS) is 17.3. The predicted octanol–water partition coefficient (Wildman–Crippen LogP) is 1.89. The van der Waals surface area contributed by atoms with Crippen molar-refractivity contribution in [2.75, 3.05) is 25.1 Å². The van der Waals surface area contributed by atoms with Gasteiger partial charge in [-0.2, -0.15) is 0 Å². The van der Waals surface area contributed by atoms with Crippen LogP contribution in [-0.4, -0.2) is 45.0 Å². The second kappa shape index (κ2) is 7.82. The number of primary amides is 1. The molecule has 150 valence electrons. The molecule has 0 aromatic heterocycles. The fourth-order valence-corrected chi connectivity index (χ4v) is 4.96. The summed E-state index contributed by atoms with van der Waals surface area (Å²) in [7, 11) is -3.00. The molecule has 1 amide bonds. The van der Waals surface area contributed by atoms with Crippen molar-refractivity contribution in [2.24, 2.45) is 5.73 Å². The van der Waals surface area contributed by atoms with E-state index in [9.17, 15) is 22.0 Å². The van der Waals surface area contributed by atoms with Crippen LogP contribution < -0.4 is 10.6 Å². The minimum atomic E-state index is -4.20. The number of hydroxylamine groups is 1. The first-order chi connectivity index (χ1) is 13.3. The van der Waals surface area contributed by atoms with Crippen molar-refractivity contribution in [3.63, 3.8) is 0 Å². The van der Waals surface area contributed by atoms with Crippen LogP contribution >= 0.6 is 0 Å². The molecule has 0 radical (unpaired) electrons. The number of carbonyl (C=O) groups excluding carboxylic acids is 1. The van der Waals surface area contributed by atoms with E-state index in [4.69, 9.17) is 10.6 Å². The highest BCUT2D eigenvalue weighted by Gasteiger charge is 2.38. The lowest BCUT2D eigenvalue weighted by atomic mass is 10.2. The number of rotatable bonds is 6. The Morgan fingerprint density at radius 1 is 1.25 bits per heavy atom. The standard InChI is InChI=1S/C18H19F2N3O4S/c1-27-23(28(25,26)17-5-3-2-4-14(17)18(21)24)13-8-9-22(11-13)16-7-6-12(19)10-15(16)20/h2-7,10,13H,8-9,11H2,1H3,(H2,21,24). The van der Waals surface area contributed by atoms with E-state index in [1.54, 1.807) is 4.90 Å². The number of nitrogens with zero attached hydrogens (tertiary/aromatic N) is 2. The molecule has 28 heavy (non-hydrogen) atoms. The van der Waals surface area contributed by atoms with Crippen molar-refractivity contribution in [2.45, 2.75) is 17.4 Å². The SMILES string of the molecule is CON(C1CCN(c2ccc(F)cc2F)C1)S(=O)(=O)c1ccccc1C(N)=O. The van der Waals surface area contributed by atoms with Gasteiger partial charge in [0.2, 0.25) is 5.91 Å². The molecule has 1 heterocycles. The van der Waals surface area contributed by atoms with Crippen molar-refractivity contribution < 1.29 is 26.8 Å². The summed E-state index contributed by atoms with van der Waals surface area (Å²) in [5.74, 6) is -2.30. The molecule has 10 heteroatoms. The summed E-state index contributed by atoms with van der Waals surface area (Å²) in [5.41, 5.74) is 5.32. The average Bonchev–Trinajstić information content (AvgIpc) is 3.11. The molecule has 1 fully saturated rings. The third-order valence-corrected chi connectivity index (χ3v) is 6.39. The van der Waals surface area contributed by atoms with Gasteiger partial charge in [0.25, 0.3) is 10.0 Å². The number of amides is 1. The highest BCUT2D eigenvalue weighted by molar-refractivity contribution is 7.89. The van der Waals surface area contributed by atoms with Gasteiger partial charge in [-0.15, -0.1) is 0 Å². The summed E-state index contributed by atoms with van der Waals surface area (Å²) in [4.78, 5) is 18.1. The molecule has 0 saturated carbocycles. The third kappa shape index (κ3) is 3.71. The molecular formula is C18H19F2N3O4S. The molecular weight excluding hydrogens is 392 g/mol. The zero-order valence-electron chi connectivity index (χ0n) is 15.0. The Hall–Kier alpha value is -2.56. The van der Waals surface area contributed by atoms with E-state index in [-0.39, 0.29) is 22.7 Å². The summed E-state index contributed by atoms with van der Waals surface area (Å²) >= 11 is 0. The first kappa shape index (κ1) is 20.2. The van der Waals surface area contributed by atoms with Gasteiger partial charge in [-0.1, -0.05) is 16.6 Å². The molecule has 2 N–H and O–H groups in total. The molecule has 0 spiro atoms. The van der Waals surface area contributed by atoms with Crippen LogP contribution in [0.4, 0.5) is 14.5 Å². The smallest absolute Gasteiger partial charge is 0.266 e. The maximum atomic E-state index is 14.1. The van der Waals surface area contributed by atoms with E-state index < -0.39 is 33.6 Å². The molecule has 0 bridgehead atoms. The monoisotopic (exact) mass is 411 g/mol. The fraction of sp³-hybridized carbons (Fsp3) is 0.278. The summed E-state index contributed by atoms with van der Waals surface area (Å²) in [6, 6.07) is 8.15. The van der Waals surface area contributed by atoms with Crippen molar-refractivity contribution >= 4 is 21.6 Å². The minimum Gasteiger partial charge on any atom is -0.367 e. The average molecular weight is 411 g/mol. The van der Waals surface area contributed by atoms with E-state index in [1.807, 2.05) is 0 Å². The van der Waals surface area contributed by atoms with Crippen LogP contribution in [0.25, 0.3) is 0 Å². The van der Waals surface area contributed by atoms with Crippen molar-refractivity contribution in [3.05, 3.63) is 59.7 Å². The molecule has 1 unspecified atom stereocenters. The topological polar surface area (TPSA) is 92.9 Å². The van der Waals surface area contributed by atoms with E-state index in [0.29, 0.717) is 13.0 Å². The van der Waals surface area contributed by atoms with E-state index >= 15 is 0 Å². The predicted molar refractivity (Wildman–Crippen MR) is 98.0 cm³/mol. The Labute approximate surface area is 161 Å². The largest absolute Gasteiger partial charge is 0.367 e. The first-order valence-corrected chi connectivity index (χ1v) is 9.87. The number of carbonyl (C=O) groups is 1. The third-order valence-electron chi connectivity index (χ3n) is 4.56. The summed E-state index contributed by atoms with van der Waals surface area (Å²) in [6.07, 6.45) is 0.350. The highest BCUT2D eigenvalue weighted by atomic mass is 32.2. The lowest BCUT2D eigenvalue weighted by Gasteiger charge is -2.27. The van der Waals surface area contributed by atoms with Gasteiger partial charge in [-0.3, -0.25) is 9.63 Å². The van der Waals surface area contributed by atoms with Crippen LogP contribution in [0.3, 0.4) is 0 Å². The van der Waals surface area contributed by atoms with Crippen LogP contribution in [0.15, 0.2) is 47.4 Å². The Morgan fingerprint density at radius 3 is 2.61 bits per heavy atom. The van der Waals surface area contributed by atoms with Crippen molar-refractivity contribution in [1.29, 1.82) is 0 Å². The quantitative estimate of drug-likeness (QED) is 0.733. The van der Waals surface area contributed by atoms with Gasteiger partial charge in [-0.25, -0.2) is 17.2 Å². The van der Waals surface area contributed by atoms with Crippen LogP contribution in [0.1, 0.15) is 16.8 Å². The number of sulfonamides is 1. The molecule has 0 aliphatic carbocycles. The number of nitrogens with two attached hydrogens (primary N) is 1. The molecule has 1 aliphatic rings. The van der Waals surface area contributed by atoms with E-state index in [0.717, 1.165) is 16.6 Å². The summed E-state index contributed by atoms with van der Waals surface area (Å²) in [5, 5.41) is 0. The number of hydrogen-bond acceptors (Lipinski definition) is 5. The van der Waals surface area contributed by atoms with Crippen LogP contribution in [0.5, 0.6) is 0 Å². The molecule has 1 saturated heterocycles. The van der Waals surface area contributed by atoms with Gasteiger partial charge in [0.15, 0.2) is 0 Å². The zero-order chi connectivity index (χ0) is 20.5. The van der Waals surface area contributed by atoms with Gasteiger partial charge >= 0.3 is 0 Å². The number of halogens is 2. The van der Waals surface area contributed by atoms with E-state index in [1.165, 1.54) is 37.4 Å². The minimum absolute atomic E-state index is 0.133. The maximum absolute atomic E-state index is 14.1. The van der Waals surface area contributed by atoms with Gasteiger partial charge in [0.05, 0.1) is 29.3 Å². The molecule has 3 rings (SSSR count). The van der Waals surface area contributed by atoms with Crippen LogP contribution in [-0.2, 0) is 14.9 Å². The van der Waals surface area contributed by atoms with Crippen molar-refractivity contribution in [3.8, 4) is 0 Å². The molecule has 2 aromatic rings. The highest BCUT2D eigenvalue weighted by Crippen LogP contribution is 2.30. The maximum Gasteiger partial charge on any atom is 0.266 e. The number of benzene rings is 2. The Morgan fingerprint density at radius 2 is 1.96 bits per heavy atom. The summed E-state index contributed by atoms with van der Waals surface area (Å²) in [6.45, 7) is 0.481. The Kier molecular flexibility index (Phi) is 5.64. The first-order valence-electron chi connectivity index (χ1n) is 8.43. The van der Waals surface area contributed by atoms with Gasteiger partial charge in [0.1, 0.15) is 11.6 Å². The van der Waals surface area contributed by atoms with Crippen LogP contribution in [0.2, 0.25) is 0 Å². The Balaban J connectivity index is 1.89. The van der Waals surface area contributed by atoms with E-state index in [2.05, 4.69) is 0 Å².